The number of nitrogens with one attached hydrogen (secondary N) is 1. The minimum absolute atomic E-state index is 0.821. The lowest BCUT2D eigenvalue weighted by Crippen LogP contribution is -1.95. The van der Waals surface area contributed by atoms with Gasteiger partial charge in [0.1, 0.15) is 26.4 Å². The largest absolute Gasteiger partial charge is 0.371 e. The van der Waals surface area contributed by atoms with Crippen molar-refractivity contribution in [2.24, 2.45) is 7.05 Å². The van der Waals surface area contributed by atoms with Crippen molar-refractivity contribution in [1.82, 2.24) is 19.5 Å². The number of aryl methyl sites for hydroxylation is 1. The zero-order chi connectivity index (χ0) is 14.4. The summed E-state index contributed by atoms with van der Waals surface area (Å²) in [6, 6.07) is 0. The van der Waals surface area contributed by atoms with Crippen LogP contribution in [-0.2, 0) is 7.05 Å². The number of nitrogens with zero attached hydrogens (tertiary/aromatic N) is 4. The minimum atomic E-state index is 0.821. The van der Waals surface area contributed by atoms with Crippen LogP contribution < -0.4 is 5.32 Å². The van der Waals surface area contributed by atoms with Crippen LogP contribution in [0.1, 0.15) is 11.4 Å². The lowest BCUT2D eigenvalue weighted by atomic mass is 10.2. The molecule has 0 unspecified atom stereocenters. The Balaban J connectivity index is 2.00. The molecule has 108 valence electrons. The van der Waals surface area contributed by atoms with Crippen LogP contribution in [0.15, 0.2) is 12.4 Å². The highest BCUT2D eigenvalue weighted by Gasteiger charge is 2.18. The van der Waals surface area contributed by atoms with E-state index in [0.29, 0.717) is 0 Å². The van der Waals surface area contributed by atoms with E-state index in [0.717, 1.165) is 44.4 Å². The molecule has 5 nitrogen and oxygen atoms in total. The Morgan fingerprint density at radius 2 is 2.19 bits per heavy atom. The highest BCUT2D eigenvalue weighted by molar-refractivity contribution is 7.99. The van der Waals surface area contributed by atoms with Gasteiger partial charge >= 0.3 is 0 Å². The van der Waals surface area contributed by atoms with Gasteiger partial charge in [-0.05, 0) is 17.7 Å². The predicted molar refractivity (Wildman–Crippen MR) is 91.2 cm³/mol. The van der Waals surface area contributed by atoms with Gasteiger partial charge in [-0.15, -0.1) is 0 Å². The van der Waals surface area contributed by atoms with Crippen LogP contribution in [0.25, 0.3) is 27.0 Å². The molecule has 0 atom stereocenters. The quantitative estimate of drug-likeness (QED) is 0.787. The van der Waals surface area contributed by atoms with Crippen LogP contribution >= 0.6 is 23.1 Å². The maximum absolute atomic E-state index is 4.86. The van der Waals surface area contributed by atoms with Crippen LogP contribution in [0.3, 0.4) is 0 Å². The zero-order valence-corrected chi connectivity index (χ0v) is 13.5. The van der Waals surface area contributed by atoms with Crippen molar-refractivity contribution in [2.45, 2.75) is 6.42 Å². The van der Waals surface area contributed by atoms with Gasteiger partial charge in [0.05, 0.1) is 6.33 Å². The SMILES string of the molecule is CNc1nc2sc(C3=CCSCC3)nc2c2c1ncn2C. The van der Waals surface area contributed by atoms with E-state index in [2.05, 4.69) is 21.4 Å². The van der Waals surface area contributed by atoms with E-state index >= 15 is 0 Å². The van der Waals surface area contributed by atoms with Gasteiger partial charge in [-0.1, -0.05) is 17.4 Å². The molecule has 0 fully saturated rings. The standard InChI is InChI=1S/C14H15N5S2/c1-15-12-9-11(19(2)7-16-9)10-14(18-12)21-13(17-10)8-3-5-20-6-4-8/h3,7H,4-6H2,1-2H3,(H,15,18). The highest BCUT2D eigenvalue weighted by Crippen LogP contribution is 2.35. The Morgan fingerprint density at radius 3 is 2.95 bits per heavy atom. The van der Waals surface area contributed by atoms with Gasteiger partial charge in [0.25, 0.3) is 0 Å². The number of aromatic nitrogens is 4. The lowest BCUT2D eigenvalue weighted by Gasteiger charge is -2.08. The van der Waals surface area contributed by atoms with E-state index in [1.54, 1.807) is 11.3 Å². The summed E-state index contributed by atoms with van der Waals surface area (Å²) >= 11 is 3.65. The number of anilines is 1. The fourth-order valence-electron chi connectivity index (χ4n) is 2.61. The third kappa shape index (κ3) is 2.03. The molecule has 1 aliphatic heterocycles. The molecule has 1 N–H and O–H groups in total. The highest BCUT2D eigenvalue weighted by atomic mass is 32.2. The molecule has 3 aromatic rings. The van der Waals surface area contributed by atoms with Gasteiger partial charge in [-0.25, -0.2) is 15.0 Å². The van der Waals surface area contributed by atoms with Gasteiger partial charge in [0.2, 0.25) is 0 Å². The van der Waals surface area contributed by atoms with Crippen LogP contribution in [0, 0.1) is 0 Å². The summed E-state index contributed by atoms with van der Waals surface area (Å²) in [6.45, 7) is 0. The molecule has 0 spiro atoms. The van der Waals surface area contributed by atoms with Crippen LogP contribution in [0.4, 0.5) is 5.82 Å². The number of thiazole rings is 1. The molecule has 21 heavy (non-hydrogen) atoms. The first-order chi connectivity index (χ1) is 10.3. The summed E-state index contributed by atoms with van der Waals surface area (Å²) < 4.78 is 2.02. The third-order valence-corrected chi connectivity index (χ3v) is 5.60. The third-order valence-electron chi connectivity index (χ3n) is 3.68. The number of imidazole rings is 1. The van der Waals surface area contributed by atoms with E-state index in [9.17, 15) is 0 Å². The van der Waals surface area contributed by atoms with Gasteiger partial charge in [0.15, 0.2) is 5.82 Å². The van der Waals surface area contributed by atoms with Crippen LogP contribution in [0.2, 0.25) is 0 Å². The molecule has 0 radical (unpaired) electrons. The fraction of sp³-hybridized carbons (Fsp3) is 0.357. The molecule has 0 saturated carbocycles. The summed E-state index contributed by atoms with van der Waals surface area (Å²) in [5.74, 6) is 3.08. The topological polar surface area (TPSA) is 55.6 Å². The number of rotatable bonds is 2. The lowest BCUT2D eigenvalue weighted by molar-refractivity contribution is 0.949. The van der Waals surface area contributed by atoms with Crippen molar-refractivity contribution in [3.63, 3.8) is 0 Å². The first kappa shape index (κ1) is 13.1. The molecule has 1 aliphatic rings. The Bertz CT molecular complexity index is 861. The van der Waals surface area contributed by atoms with Gasteiger partial charge in [0, 0.05) is 19.8 Å². The van der Waals surface area contributed by atoms with E-state index in [-0.39, 0.29) is 0 Å². The molecule has 0 aromatic carbocycles. The number of allylic oxidation sites excluding steroid dienone is 1. The molecule has 3 aromatic heterocycles. The number of hydrogen-bond donors (Lipinski definition) is 1. The minimum Gasteiger partial charge on any atom is -0.371 e. The zero-order valence-electron chi connectivity index (χ0n) is 11.9. The smallest absolute Gasteiger partial charge is 0.155 e. The molecule has 7 heteroatoms. The van der Waals surface area contributed by atoms with Crippen molar-refractivity contribution in [2.75, 3.05) is 23.9 Å². The Morgan fingerprint density at radius 1 is 1.29 bits per heavy atom. The summed E-state index contributed by atoms with van der Waals surface area (Å²) in [7, 11) is 3.88. The van der Waals surface area contributed by atoms with Crippen molar-refractivity contribution in [1.29, 1.82) is 0 Å². The molecular formula is C14H15N5S2. The maximum atomic E-state index is 4.86. The van der Waals surface area contributed by atoms with Crippen molar-refractivity contribution in [3.8, 4) is 0 Å². The summed E-state index contributed by atoms with van der Waals surface area (Å²) in [5, 5.41) is 4.24. The van der Waals surface area contributed by atoms with Crippen molar-refractivity contribution < 1.29 is 0 Å². The van der Waals surface area contributed by atoms with Crippen LogP contribution in [-0.4, -0.2) is 38.1 Å². The Labute approximate surface area is 130 Å². The second-order valence-electron chi connectivity index (χ2n) is 4.99. The van der Waals surface area contributed by atoms with E-state index < -0.39 is 0 Å². The van der Waals surface area contributed by atoms with Crippen LogP contribution in [0.5, 0.6) is 0 Å². The normalized spacial score (nSPS) is 15.6. The van der Waals surface area contributed by atoms with E-state index in [1.807, 2.05) is 36.8 Å². The first-order valence-electron chi connectivity index (χ1n) is 6.84. The second kappa shape index (κ2) is 4.99. The average molecular weight is 317 g/mol. The second-order valence-corrected chi connectivity index (χ2v) is 7.12. The predicted octanol–water partition coefficient (Wildman–Crippen LogP) is 3.14. The summed E-state index contributed by atoms with van der Waals surface area (Å²) in [4.78, 5) is 15.0. The molecule has 0 bridgehead atoms. The summed E-state index contributed by atoms with van der Waals surface area (Å²) in [5.41, 5.74) is 4.26. The van der Waals surface area contributed by atoms with E-state index in [4.69, 9.17) is 4.98 Å². The molecule has 4 rings (SSSR count). The van der Waals surface area contributed by atoms with Crippen molar-refractivity contribution in [3.05, 3.63) is 17.4 Å². The Hall–Kier alpha value is -1.60. The number of fused-ring (bicyclic) bond motifs is 3. The monoisotopic (exact) mass is 317 g/mol. The number of hydrogen-bond acceptors (Lipinski definition) is 6. The van der Waals surface area contributed by atoms with E-state index in [1.165, 1.54) is 11.3 Å². The molecule has 0 aliphatic carbocycles. The van der Waals surface area contributed by atoms with Gasteiger partial charge in [-0.2, -0.15) is 11.8 Å². The maximum Gasteiger partial charge on any atom is 0.155 e. The molecular weight excluding hydrogens is 302 g/mol. The summed E-state index contributed by atoms with van der Waals surface area (Å²) in [6.07, 6.45) is 5.21. The van der Waals surface area contributed by atoms with Crippen molar-refractivity contribution >= 4 is 55.9 Å². The molecule has 0 amide bonds. The van der Waals surface area contributed by atoms with Gasteiger partial charge in [-0.3, -0.25) is 0 Å². The molecule has 4 heterocycles. The Kier molecular flexibility index (Phi) is 3.11. The van der Waals surface area contributed by atoms with Gasteiger partial charge < -0.3 is 9.88 Å². The fourth-order valence-corrected chi connectivity index (χ4v) is 4.47. The average Bonchev–Trinajstić information content (AvgIpc) is 3.11. The molecule has 0 saturated heterocycles. The number of pyridine rings is 1. The number of thioether (sulfide) groups is 1. The first-order valence-corrected chi connectivity index (χ1v) is 8.81.